The van der Waals surface area contributed by atoms with Gasteiger partial charge in [-0.2, -0.15) is 0 Å². The highest BCUT2D eigenvalue weighted by Gasteiger charge is 2.13. The summed E-state index contributed by atoms with van der Waals surface area (Å²) in [7, 11) is 0. The van der Waals surface area contributed by atoms with E-state index in [4.69, 9.17) is 0 Å². The van der Waals surface area contributed by atoms with Gasteiger partial charge in [0.15, 0.2) is 0 Å². The molecule has 1 atom stereocenters. The average Bonchev–Trinajstić information content (AvgIpc) is 1.99. The van der Waals surface area contributed by atoms with E-state index in [1.165, 1.54) is 0 Å². The Morgan fingerprint density at radius 1 is 1.50 bits per heavy atom. The molecule has 1 unspecified atom stereocenters. The van der Waals surface area contributed by atoms with Crippen molar-refractivity contribution in [3.8, 4) is 0 Å². The second-order valence-corrected chi connectivity index (χ2v) is 2.35. The number of hydrogen-bond acceptors (Lipinski definition) is 2. The maximum absolute atomic E-state index is 10.9. The van der Waals surface area contributed by atoms with E-state index in [2.05, 4.69) is 0 Å². The SMILES string of the molecule is CCCC(C=O)C(=O)CC. The minimum Gasteiger partial charge on any atom is -0.303 e. The van der Waals surface area contributed by atoms with Gasteiger partial charge in [-0.3, -0.25) is 4.79 Å². The number of aldehydes is 1. The van der Waals surface area contributed by atoms with Crippen molar-refractivity contribution >= 4 is 12.1 Å². The van der Waals surface area contributed by atoms with E-state index < -0.39 is 0 Å². The van der Waals surface area contributed by atoms with Gasteiger partial charge < -0.3 is 4.79 Å². The van der Waals surface area contributed by atoms with Crippen LogP contribution in [0, 0.1) is 5.92 Å². The van der Waals surface area contributed by atoms with E-state index in [0.717, 1.165) is 12.7 Å². The summed E-state index contributed by atoms with van der Waals surface area (Å²) < 4.78 is 0. The first-order valence-corrected chi connectivity index (χ1v) is 3.74. The maximum Gasteiger partial charge on any atom is 0.142 e. The van der Waals surface area contributed by atoms with Crippen molar-refractivity contribution in [2.75, 3.05) is 0 Å². The highest BCUT2D eigenvalue weighted by atomic mass is 16.1. The number of ketones is 1. The third-order valence-electron chi connectivity index (χ3n) is 1.53. The van der Waals surface area contributed by atoms with Gasteiger partial charge >= 0.3 is 0 Å². The van der Waals surface area contributed by atoms with Gasteiger partial charge in [0.2, 0.25) is 0 Å². The molecule has 0 aromatic heterocycles. The molecule has 2 heteroatoms. The van der Waals surface area contributed by atoms with Crippen LogP contribution in [0.4, 0.5) is 0 Å². The van der Waals surface area contributed by atoms with Crippen molar-refractivity contribution in [3.63, 3.8) is 0 Å². The Balaban J connectivity index is 3.80. The molecule has 0 saturated heterocycles. The monoisotopic (exact) mass is 142 g/mol. The maximum atomic E-state index is 10.9. The lowest BCUT2D eigenvalue weighted by atomic mass is 9.99. The Morgan fingerprint density at radius 2 is 2.10 bits per heavy atom. The molecule has 0 amide bonds. The van der Waals surface area contributed by atoms with Gasteiger partial charge in [-0.05, 0) is 6.42 Å². The molecule has 0 radical (unpaired) electrons. The summed E-state index contributed by atoms with van der Waals surface area (Å²) in [5.74, 6) is -0.271. The molecular formula is C8H14O2. The first-order chi connectivity index (χ1) is 4.76. The molecule has 0 rings (SSSR count). The number of Topliss-reactive ketones (excluding diaryl/α,β-unsaturated/α-hetero) is 1. The zero-order chi connectivity index (χ0) is 7.98. The number of rotatable bonds is 5. The fourth-order valence-electron chi connectivity index (χ4n) is 0.878. The van der Waals surface area contributed by atoms with Crippen molar-refractivity contribution in [2.45, 2.75) is 33.1 Å². The molecule has 0 N–H and O–H groups in total. The number of carbonyl (C=O) groups excluding carboxylic acids is 2. The third-order valence-corrected chi connectivity index (χ3v) is 1.53. The minimum atomic E-state index is -0.338. The quantitative estimate of drug-likeness (QED) is 0.431. The first kappa shape index (κ1) is 9.34. The van der Waals surface area contributed by atoms with Crippen LogP contribution in [0.5, 0.6) is 0 Å². The van der Waals surface area contributed by atoms with Gasteiger partial charge in [0, 0.05) is 6.42 Å². The van der Waals surface area contributed by atoms with Crippen LogP contribution in [0.25, 0.3) is 0 Å². The number of hydrogen-bond donors (Lipinski definition) is 0. The van der Waals surface area contributed by atoms with Crippen LogP contribution in [0.2, 0.25) is 0 Å². The van der Waals surface area contributed by atoms with E-state index >= 15 is 0 Å². The van der Waals surface area contributed by atoms with Gasteiger partial charge in [0.25, 0.3) is 0 Å². The smallest absolute Gasteiger partial charge is 0.142 e. The van der Waals surface area contributed by atoms with Crippen molar-refractivity contribution in [1.82, 2.24) is 0 Å². The standard InChI is InChI=1S/C8H14O2/c1-3-5-7(6-9)8(10)4-2/h6-7H,3-5H2,1-2H3. The van der Waals surface area contributed by atoms with Crippen molar-refractivity contribution in [1.29, 1.82) is 0 Å². The molecule has 0 saturated carbocycles. The van der Waals surface area contributed by atoms with Crippen LogP contribution in [-0.4, -0.2) is 12.1 Å². The zero-order valence-corrected chi connectivity index (χ0v) is 6.59. The molecule has 0 aliphatic rings. The van der Waals surface area contributed by atoms with E-state index in [-0.39, 0.29) is 11.7 Å². The van der Waals surface area contributed by atoms with Crippen molar-refractivity contribution in [3.05, 3.63) is 0 Å². The fourth-order valence-corrected chi connectivity index (χ4v) is 0.878. The van der Waals surface area contributed by atoms with Gasteiger partial charge in [-0.1, -0.05) is 20.3 Å². The molecule has 0 bridgehead atoms. The van der Waals surface area contributed by atoms with Gasteiger partial charge in [-0.25, -0.2) is 0 Å². The number of carbonyl (C=O) groups is 2. The summed E-state index contributed by atoms with van der Waals surface area (Å²) in [5.41, 5.74) is 0. The van der Waals surface area contributed by atoms with E-state index in [0.29, 0.717) is 12.8 Å². The zero-order valence-electron chi connectivity index (χ0n) is 6.59. The average molecular weight is 142 g/mol. The van der Waals surface area contributed by atoms with Gasteiger partial charge in [-0.15, -0.1) is 0 Å². The third kappa shape index (κ3) is 2.76. The highest BCUT2D eigenvalue weighted by Crippen LogP contribution is 2.05. The summed E-state index contributed by atoms with van der Waals surface area (Å²) in [6.07, 6.45) is 2.84. The van der Waals surface area contributed by atoms with Crippen LogP contribution < -0.4 is 0 Å². The lowest BCUT2D eigenvalue weighted by Gasteiger charge is -2.03. The Hall–Kier alpha value is -0.660. The molecule has 0 heterocycles. The summed E-state index contributed by atoms with van der Waals surface area (Å²) in [6.45, 7) is 3.76. The fraction of sp³-hybridized carbons (Fsp3) is 0.750. The summed E-state index contributed by atoms with van der Waals surface area (Å²) in [4.78, 5) is 21.2. The molecule has 0 aliphatic carbocycles. The normalized spacial score (nSPS) is 12.6. The molecule has 0 aromatic carbocycles. The molecule has 0 fully saturated rings. The Morgan fingerprint density at radius 3 is 2.40 bits per heavy atom. The Bertz CT molecular complexity index is 118. The molecule has 2 nitrogen and oxygen atoms in total. The van der Waals surface area contributed by atoms with Crippen LogP contribution in [0.3, 0.4) is 0 Å². The lowest BCUT2D eigenvalue weighted by molar-refractivity contribution is -0.127. The van der Waals surface area contributed by atoms with Crippen LogP contribution in [-0.2, 0) is 9.59 Å². The Kier molecular flexibility index (Phi) is 4.81. The minimum absolute atomic E-state index is 0.0665. The summed E-state index contributed by atoms with van der Waals surface area (Å²) >= 11 is 0. The molecule has 0 aromatic rings. The van der Waals surface area contributed by atoms with Crippen LogP contribution in [0.15, 0.2) is 0 Å². The molecule has 10 heavy (non-hydrogen) atoms. The first-order valence-electron chi connectivity index (χ1n) is 3.74. The second kappa shape index (κ2) is 5.15. The summed E-state index contributed by atoms with van der Waals surface area (Å²) in [6, 6.07) is 0. The van der Waals surface area contributed by atoms with Crippen molar-refractivity contribution in [2.24, 2.45) is 5.92 Å². The topological polar surface area (TPSA) is 34.1 Å². The largest absolute Gasteiger partial charge is 0.303 e. The molecule has 58 valence electrons. The van der Waals surface area contributed by atoms with Gasteiger partial charge in [0.05, 0.1) is 5.92 Å². The van der Waals surface area contributed by atoms with E-state index in [9.17, 15) is 9.59 Å². The Labute approximate surface area is 61.6 Å². The van der Waals surface area contributed by atoms with Crippen LogP contribution >= 0.6 is 0 Å². The molecular weight excluding hydrogens is 128 g/mol. The van der Waals surface area contributed by atoms with E-state index in [1.54, 1.807) is 6.92 Å². The molecule has 0 aliphatic heterocycles. The highest BCUT2D eigenvalue weighted by molar-refractivity contribution is 5.92. The van der Waals surface area contributed by atoms with Gasteiger partial charge in [0.1, 0.15) is 12.1 Å². The predicted octanol–water partition coefficient (Wildman–Crippen LogP) is 1.58. The second-order valence-electron chi connectivity index (χ2n) is 2.35. The van der Waals surface area contributed by atoms with Crippen molar-refractivity contribution < 1.29 is 9.59 Å². The molecule has 0 spiro atoms. The van der Waals surface area contributed by atoms with Crippen LogP contribution in [0.1, 0.15) is 33.1 Å². The lowest BCUT2D eigenvalue weighted by Crippen LogP contribution is -2.14. The van der Waals surface area contributed by atoms with E-state index in [1.807, 2.05) is 6.92 Å². The summed E-state index contributed by atoms with van der Waals surface area (Å²) in [5, 5.41) is 0. The predicted molar refractivity (Wildman–Crippen MR) is 39.8 cm³/mol.